The molecule has 0 atom stereocenters. The first-order chi connectivity index (χ1) is 10.0. The van der Waals surface area contributed by atoms with Crippen molar-refractivity contribution in [3.8, 4) is 11.3 Å². The van der Waals surface area contributed by atoms with Gasteiger partial charge in [-0.15, -0.1) is 11.3 Å². The summed E-state index contributed by atoms with van der Waals surface area (Å²) in [6.07, 6.45) is 2.15. The molecule has 1 aromatic heterocycles. The molecule has 0 saturated carbocycles. The molecule has 0 saturated heterocycles. The standard InChI is InChI=1S/C17H23ClN2S/c1-5-8-19-17-20-16(15(21-17)9-11(2)3)13-7-6-12(4)14(18)10-13/h6-7,10-11H,5,8-9H2,1-4H3,(H,19,20). The highest BCUT2D eigenvalue weighted by molar-refractivity contribution is 7.16. The molecule has 1 aromatic carbocycles. The van der Waals surface area contributed by atoms with Gasteiger partial charge in [0.05, 0.1) is 5.69 Å². The lowest BCUT2D eigenvalue weighted by Crippen LogP contribution is -1.98. The number of nitrogens with zero attached hydrogens (tertiary/aromatic N) is 1. The SMILES string of the molecule is CCCNc1nc(-c2ccc(C)c(Cl)c2)c(CC(C)C)s1. The molecule has 21 heavy (non-hydrogen) atoms. The maximum Gasteiger partial charge on any atom is 0.183 e. The van der Waals surface area contributed by atoms with Gasteiger partial charge in [0.2, 0.25) is 0 Å². The van der Waals surface area contributed by atoms with Crippen LogP contribution >= 0.6 is 22.9 Å². The van der Waals surface area contributed by atoms with Crippen LogP contribution < -0.4 is 5.32 Å². The van der Waals surface area contributed by atoms with Gasteiger partial charge >= 0.3 is 0 Å². The Hall–Kier alpha value is -1.06. The molecule has 0 spiro atoms. The molecule has 114 valence electrons. The van der Waals surface area contributed by atoms with Crippen molar-refractivity contribution in [1.29, 1.82) is 0 Å². The summed E-state index contributed by atoms with van der Waals surface area (Å²) in [5.41, 5.74) is 3.29. The average molecular weight is 323 g/mol. The van der Waals surface area contributed by atoms with Crippen LogP contribution in [0.3, 0.4) is 0 Å². The Morgan fingerprint density at radius 1 is 1.33 bits per heavy atom. The number of benzene rings is 1. The van der Waals surface area contributed by atoms with Crippen molar-refractivity contribution in [1.82, 2.24) is 4.98 Å². The van der Waals surface area contributed by atoms with Crippen LogP contribution in [-0.4, -0.2) is 11.5 Å². The van der Waals surface area contributed by atoms with E-state index in [-0.39, 0.29) is 0 Å². The minimum Gasteiger partial charge on any atom is -0.362 e. The van der Waals surface area contributed by atoms with Crippen molar-refractivity contribution in [3.05, 3.63) is 33.7 Å². The Kier molecular flexibility index (Phi) is 5.65. The molecule has 0 aliphatic heterocycles. The van der Waals surface area contributed by atoms with Gasteiger partial charge in [-0.2, -0.15) is 0 Å². The average Bonchev–Trinajstić information content (AvgIpc) is 2.81. The predicted octanol–water partition coefficient (Wildman–Crippen LogP) is 5.79. The number of thiazole rings is 1. The quantitative estimate of drug-likeness (QED) is 0.727. The van der Waals surface area contributed by atoms with Crippen LogP contribution in [0.5, 0.6) is 0 Å². The topological polar surface area (TPSA) is 24.9 Å². The summed E-state index contributed by atoms with van der Waals surface area (Å²) in [4.78, 5) is 6.13. The zero-order valence-corrected chi connectivity index (χ0v) is 14.7. The number of aromatic nitrogens is 1. The molecule has 2 nitrogen and oxygen atoms in total. The second-order valence-electron chi connectivity index (χ2n) is 5.78. The van der Waals surface area contributed by atoms with Gasteiger partial charge in [-0.1, -0.05) is 44.5 Å². The monoisotopic (exact) mass is 322 g/mol. The Labute approximate surface area is 136 Å². The maximum atomic E-state index is 6.27. The summed E-state index contributed by atoms with van der Waals surface area (Å²) in [5, 5.41) is 5.22. The zero-order valence-electron chi connectivity index (χ0n) is 13.2. The summed E-state index contributed by atoms with van der Waals surface area (Å²) < 4.78 is 0. The summed E-state index contributed by atoms with van der Waals surface area (Å²) >= 11 is 8.04. The highest BCUT2D eigenvalue weighted by Crippen LogP contribution is 2.34. The minimum atomic E-state index is 0.615. The van der Waals surface area contributed by atoms with Crippen molar-refractivity contribution in [2.24, 2.45) is 5.92 Å². The second kappa shape index (κ2) is 7.28. The van der Waals surface area contributed by atoms with Crippen LogP contribution in [0.2, 0.25) is 5.02 Å². The first-order valence-electron chi connectivity index (χ1n) is 7.51. The maximum absolute atomic E-state index is 6.27. The molecule has 0 fully saturated rings. The van der Waals surface area contributed by atoms with Crippen LogP contribution in [0.1, 0.15) is 37.6 Å². The molecular formula is C17H23ClN2S. The normalized spacial score (nSPS) is 11.1. The predicted molar refractivity (Wildman–Crippen MR) is 94.6 cm³/mol. The number of hydrogen-bond acceptors (Lipinski definition) is 3. The fourth-order valence-electron chi connectivity index (χ4n) is 2.13. The van der Waals surface area contributed by atoms with Crippen molar-refractivity contribution >= 4 is 28.1 Å². The first-order valence-corrected chi connectivity index (χ1v) is 8.70. The summed E-state index contributed by atoms with van der Waals surface area (Å²) in [5.74, 6) is 0.615. The lowest BCUT2D eigenvalue weighted by Gasteiger charge is -2.06. The van der Waals surface area contributed by atoms with Crippen molar-refractivity contribution in [2.75, 3.05) is 11.9 Å². The number of rotatable bonds is 6. The van der Waals surface area contributed by atoms with E-state index in [1.807, 2.05) is 13.0 Å². The lowest BCUT2D eigenvalue weighted by molar-refractivity contribution is 0.654. The van der Waals surface area contributed by atoms with E-state index in [0.29, 0.717) is 5.92 Å². The molecule has 0 unspecified atom stereocenters. The minimum absolute atomic E-state index is 0.615. The molecule has 0 bridgehead atoms. The first kappa shape index (κ1) is 16.3. The molecule has 4 heteroatoms. The van der Waals surface area contributed by atoms with Gasteiger partial charge < -0.3 is 5.32 Å². The molecule has 0 aliphatic carbocycles. The van der Waals surface area contributed by atoms with Crippen LogP contribution in [0.25, 0.3) is 11.3 Å². The second-order valence-corrected chi connectivity index (χ2v) is 7.27. The molecule has 1 heterocycles. The van der Waals surface area contributed by atoms with E-state index in [0.717, 1.165) is 46.4 Å². The van der Waals surface area contributed by atoms with Crippen LogP contribution in [0.4, 0.5) is 5.13 Å². The third kappa shape index (κ3) is 4.21. The molecule has 2 rings (SSSR count). The number of hydrogen-bond donors (Lipinski definition) is 1. The third-order valence-corrected chi connectivity index (χ3v) is 4.71. The fraction of sp³-hybridized carbons (Fsp3) is 0.471. The van der Waals surface area contributed by atoms with Gasteiger partial charge in [-0.3, -0.25) is 0 Å². The molecule has 0 aliphatic rings. The highest BCUT2D eigenvalue weighted by atomic mass is 35.5. The summed E-state index contributed by atoms with van der Waals surface area (Å²) in [7, 11) is 0. The van der Waals surface area contributed by atoms with Gasteiger partial charge in [0.25, 0.3) is 0 Å². The Morgan fingerprint density at radius 2 is 2.10 bits per heavy atom. The molecular weight excluding hydrogens is 300 g/mol. The Morgan fingerprint density at radius 3 is 2.71 bits per heavy atom. The molecule has 2 aromatic rings. The van der Waals surface area contributed by atoms with Crippen LogP contribution in [-0.2, 0) is 6.42 Å². The van der Waals surface area contributed by atoms with Gasteiger partial charge in [0, 0.05) is 22.0 Å². The van der Waals surface area contributed by atoms with Crippen LogP contribution in [0.15, 0.2) is 18.2 Å². The van der Waals surface area contributed by atoms with E-state index in [9.17, 15) is 0 Å². The van der Waals surface area contributed by atoms with E-state index in [4.69, 9.17) is 16.6 Å². The summed E-state index contributed by atoms with van der Waals surface area (Å²) in [6, 6.07) is 6.21. The fourth-order valence-corrected chi connectivity index (χ4v) is 3.54. The Balaban J connectivity index is 2.38. The van der Waals surface area contributed by atoms with Gasteiger partial charge in [0.1, 0.15) is 0 Å². The van der Waals surface area contributed by atoms with E-state index in [2.05, 4.69) is 38.2 Å². The van der Waals surface area contributed by atoms with Crippen molar-refractivity contribution in [3.63, 3.8) is 0 Å². The molecule has 0 amide bonds. The zero-order chi connectivity index (χ0) is 15.4. The third-order valence-electron chi connectivity index (χ3n) is 3.26. The largest absolute Gasteiger partial charge is 0.362 e. The van der Waals surface area contributed by atoms with Crippen molar-refractivity contribution < 1.29 is 0 Å². The highest BCUT2D eigenvalue weighted by Gasteiger charge is 2.15. The number of anilines is 1. The number of halogens is 1. The van der Waals surface area contributed by atoms with Gasteiger partial charge in [-0.25, -0.2) is 4.98 Å². The van der Waals surface area contributed by atoms with E-state index >= 15 is 0 Å². The van der Waals surface area contributed by atoms with Crippen LogP contribution in [0, 0.1) is 12.8 Å². The van der Waals surface area contributed by atoms with E-state index < -0.39 is 0 Å². The number of nitrogens with one attached hydrogen (secondary N) is 1. The van der Waals surface area contributed by atoms with E-state index in [1.165, 1.54) is 4.88 Å². The molecule has 1 N–H and O–H groups in total. The van der Waals surface area contributed by atoms with Gasteiger partial charge in [0.15, 0.2) is 5.13 Å². The lowest BCUT2D eigenvalue weighted by atomic mass is 10.0. The number of aryl methyl sites for hydroxylation is 1. The van der Waals surface area contributed by atoms with E-state index in [1.54, 1.807) is 11.3 Å². The van der Waals surface area contributed by atoms with Crippen molar-refractivity contribution in [2.45, 2.75) is 40.5 Å². The molecule has 0 radical (unpaired) electrons. The summed E-state index contributed by atoms with van der Waals surface area (Å²) in [6.45, 7) is 9.63. The van der Waals surface area contributed by atoms with Gasteiger partial charge in [-0.05, 0) is 37.3 Å². The Bertz CT molecular complexity index is 605. The smallest absolute Gasteiger partial charge is 0.183 e.